The van der Waals surface area contributed by atoms with Gasteiger partial charge in [-0.25, -0.2) is 4.98 Å². The van der Waals surface area contributed by atoms with Crippen molar-refractivity contribution in [3.8, 4) is 5.75 Å². The van der Waals surface area contributed by atoms with Crippen molar-refractivity contribution in [3.05, 3.63) is 59.9 Å². The van der Waals surface area contributed by atoms with Crippen LogP contribution in [0.5, 0.6) is 5.75 Å². The zero-order valence-corrected chi connectivity index (χ0v) is 17.1. The molecule has 10 heteroatoms. The number of rotatable bonds is 7. The molecule has 32 heavy (non-hydrogen) atoms. The minimum absolute atomic E-state index is 0.0136. The topological polar surface area (TPSA) is 45.6 Å². The molecule has 0 radical (unpaired) electrons. The van der Waals surface area contributed by atoms with E-state index in [0.717, 1.165) is 6.07 Å². The Balaban J connectivity index is 1.77. The molecule has 176 valence electrons. The number of hydrogen-bond acceptors (Lipinski definition) is 4. The Hall–Kier alpha value is -2.33. The van der Waals surface area contributed by atoms with E-state index in [1.807, 2.05) is 6.07 Å². The number of nitrogens with zero attached hydrogens (tertiary/aromatic N) is 2. The number of alkyl halides is 6. The first kappa shape index (κ1) is 24.3. The van der Waals surface area contributed by atoms with Crippen LogP contribution in [0.15, 0.2) is 48.5 Å². The average molecular weight is 462 g/mol. The Bertz CT molecular complexity index is 859. The number of aliphatic hydroxyl groups is 1. The van der Waals surface area contributed by atoms with Gasteiger partial charge in [0.1, 0.15) is 17.5 Å². The third-order valence-electron chi connectivity index (χ3n) is 5.41. The van der Waals surface area contributed by atoms with E-state index in [-0.39, 0.29) is 18.3 Å². The molecule has 0 aliphatic heterocycles. The summed E-state index contributed by atoms with van der Waals surface area (Å²) in [6.45, 7) is -1.01. The van der Waals surface area contributed by atoms with Crippen molar-refractivity contribution in [2.45, 2.75) is 62.8 Å². The number of hydrogen-bond donors (Lipinski definition) is 1. The van der Waals surface area contributed by atoms with Gasteiger partial charge in [0.2, 0.25) is 0 Å². The monoisotopic (exact) mass is 462 g/mol. The maximum Gasteiger partial charge on any atom is 0.433 e. The van der Waals surface area contributed by atoms with Gasteiger partial charge in [0, 0.05) is 19.1 Å². The Labute approximate surface area is 181 Å². The predicted molar refractivity (Wildman–Crippen MR) is 105 cm³/mol. The molecule has 0 spiro atoms. The van der Waals surface area contributed by atoms with Gasteiger partial charge in [-0.15, -0.1) is 0 Å². The highest BCUT2D eigenvalue weighted by Crippen LogP contribution is 2.31. The molecule has 4 nitrogen and oxygen atoms in total. The van der Waals surface area contributed by atoms with Gasteiger partial charge in [0.05, 0.1) is 5.69 Å². The van der Waals surface area contributed by atoms with Crippen LogP contribution in [0.3, 0.4) is 0 Å². The smallest absolute Gasteiger partial charge is 0.433 e. The fourth-order valence-corrected chi connectivity index (χ4v) is 3.85. The van der Waals surface area contributed by atoms with E-state index in [1.165, 1.54) is 17.0 Å². The van der Waals surface area contributed by atoms with Gasteiger partial charge in [-0.3, -0.25) is 4.90 Å². The molecule has 1 aliphatic rings. The average Bonchev–Trinajstić information content (AvgIpc) is 2.73. The number of benzene rings is 1. The van der Waals surface area contributed by atoms with Crippen molar-refractivity contribution >= 4 is 0 Å². The van der Waals surface area contributed by atoms with Crippen molar-refractivity contribution in [3.63, 3.8) is 0 Å². The molecular formula is C22H24F6N2O2. The number of aliphatic hydroxyl groups excluding tert-OH is 1. The second kappa shape index (κ2) is 10.1. The van der Waals surface area contributed by atoms with Crippen LogP contribution in [0.4, 0.5) is 26.3 Å². The van der Waals surface area contributed by atoms with Crippen LogP contribution in [0.25, 0.3) is 0 Å². The molecule has 1 fully saturated rings. The normalized spacial score (nSPS) is 20.9. The number of pyridine rings is 1. The highest BCUT2D eigenvalue weighted by Gasteiger charge is 2.41. The second-order valence-corrected chi connectivity index (χ2v) is 7.87. The molecule has 0 amide bonds. The van der Waals surface area contributed by atoms with Gasteiger partial charge < -0.3 is 9.84 Å². The first-order chi connectivity index (χ1) is 15.0. The third kappa shape index (κ3) is 6.83. The van der Waals surface area contributed by atoms with Crippen LogP contribution in [0.2, 0.25) is 0 Å². The summed E-state index contributed by atoms with van der Waals surface area (Å²) in [4.78, 5) is 4.94. The van der Waals surface area contributed by atoms with E-state index < -0.39 is 36.7 Å². The van der Waals surface area contributed by atoms with Crippen LogP contribution in [-0.2, 0) is 12.7 Å². The molecule has 0 bridgehead atoms. The van der Waals surface area contributed by atoms with Crippen molar-refractivity contribution in [1.82, 2.24) is 9.88 Å². The van der Waals surface area contributed by atoms with Gasteiger partial charge in [-0.2, -0.15) is 26.3 Å². The largest absolute Gasteiger partial charge is 0.490 e. The van der Waals surface area contributed by atoms with Crippen LogP contribution in [-0.4, -0.2) is 46.0 Å². The van der Waals surface area contributed by atoms with E-state index in [1.54, 1.807) is 24.3 Å². The highest BCUT2D eigenvalue weighted by atomic mass is 19.4. The SMILES string of the molecule is OC(CN(Cc1cccc(C(F)(F)F)n1)C1CCCC(Oc2ccccc2)C1)C(F)(F)F. The first-order valence-corrected chi connectivity index (χ1v) is 10.3. The van der Waals surface area contributed by atoms with Gasteiger partial charge in [0.25, 0.3) is 0 Å². The lowest BCUT2D eigenvalue weighted by Crippen LogP contribution is -2.48. The Morgan fingerprint density at radius 1 is 1.00 bits per heavy atom. The predicted octanol–water partition coefficient (Wildman–Crippen LogP) is 5.22. The summed E-state index contributed by atoms with van der Waals surface area (Å²) < 4.78 is 84.1. The molecular weight excluding hydrogens is 438 g/mol. The van der Waals surface area contributed by atoms with Crippen LogP contribution in [0.1, 0.15) is 37.1 Å². The standard InChI is InChI=1S/C22H24F6N2O2/c23-21(24,25)19-11-4-6-15(29-19)13-30(14-20(31)22(26,27)28)16-7-5-10-18(12-16)32-17-8-2-1-3-9-17/h1-4,6,8-9,11,16,18,20,31H,5,7,10,12-14H2. The summed E-state index contributed by atoms with van der Waals surface area (Å²) in [5.41, 5.74) is -1.12. The highest BCUT2D eigenvalue weighted by molar-refractivity contribution is 5.21. The van der Waals surface area contributed by atoms with E-state index in [9.17, 15) is 31.4 Å². The molecule has 1 aliphatic carbocycles. The van der Waals surface area contributed by atoms with E-state index in [0.29, 0.717) is 31.4 Å². The quantitative estimate of drug-likeness (QED) is 0.574. The molecule has 1 heterocycles. The van der Waals surface area contributed by atoms with Crippen LogP contribution in [0, 0.1) is 0 Å². The minimum Gasteiger partial charge on any atom is -0.490 e. The van der Waals surface area contributed by atoms with Gasteiger partial charge in [-0.05, 0) is 49.9 Å². The number of para-hydroxylation sites is 1. The summed E-state index contributed by atoms with van der Waals surface area (Å²) in [5.74, 6) is 0.638. The van der Waals surface area contributed by atoms with Crippen molar-refractivity contribution in [2.75, 3.05) is 6.54 Å². The maximum atomic E-state index is 13.0. The molecule has 1 aromatic carbocycles. The fourth-order valence-electron chi connectivity index (χ4n) is 3.85. The molecule has 3 unspecified atom stereocenters. The zero-order chi connectivity index (χ0) is 23.4. The lowest BCUT2D eigenvalue weighted by molar-refractivity contribution is -0.210. The van der Waals surface area contributed by atoms with Gasteiger partial charge in [0.15, 0.2) is 6.10 Å². The van der Waals surface area contributed by atoms with Gasteiger partial charge >= 0.3 is 12.4 Å². The number of halogens is 6. The van der Waals surface area contributed by atoms with Crippen molar-refractivity contribution < 1.29 is 36.2 Å². The van der Waals surface area contributed by atoms with Crippen molar-refractivity contribution in [1.29, 1.82) is 0 Å². The summed E-state index contributed by atoms with van der Waals surface area (Å²) in [6, 6.07) is 11.9. The first-order valence-electron chi connectivity index (χ1n) is 10.3. The summed E-state index contributed by atoms with van der Waals surface area (Å²) in [5, 5.41) is 9.65. The maximum absolute atomic E-state index is 13.0. The van der Waals surface area contributed by atoms with E-state index in [4.69, 9.17) is 4.74 Å². The molecule has 3 atom stereocenters. The summed E-state index contributed by atoms with van der Waals surface area (Å²) >= 11 is 0. The van der Waals surface area contributed by atoms with Gasteiger partial charge in [-0.1, -0.05) is 24.3 Å². The zero-order valence-electron chi connectivity index (χ0n) is 17.1. The van der Waals surface area contributed by atoms with Crippen molar-refractivity contribution in [2.24, 2.45) is 0 Å². The lowest BCUT2D eigenvalue weighted by Gasteiger charge is -2.38. The van der Waals surface area contributed by atoms with Crippen LogP contribution >= 0.6 is 0 Å². The molecule has 1 aromatic heterocycles. The Morgan fingerprint density at radius 3 is 2.38 bits per heavy atom. The molecule has 3 rings (SSSR count). The van der Waals surface area contributed by atoms with E-state index >= 15 is 0 Å². The number of ether oxygens (including phenoxy) is 1. The Morgan fingerprint density at radius 2 is 1.72 bits per heavy atom. The second-order valence-electron chi connectivity index (χ2n) is 7.87. The summed E-state index contributed by atoms with van der Waals surface area (Å²) in [7, 11) is 0. The number of aromatic nitrogens is 1. The molecule has 1 saturated carbocycles. The molecule has 0 saturated heterocycles. The Kier molecular flexibility index (Phi) is 7.66. The fraction of sp³-hybridized carbons (Fsp3) is 0.500. The molecule has 1 N–H and O–H groups in total. The summed E-state index contributed by atoms with van der Waals surface area (Å²) in [6.07, 6.45) is -10.1. The van der Waals surface area contributed by atoms with E-state index in [2.05, 4.69) is 4.98 Å². The van der Waals surface area contributed by atoms with Crippen LogP contribution < -0.4 is 4.74 Å². The molecule has 2 aromatic rings. The third-order valence-corrected chi connectivity index (χ3v) is 5.41. The lowest BCUT2D eigenvalue weighted by atomic mass is 9.91. The minimum atomic E-state index is -4.84.